The van der Waals surface area contributed by atoms with E-state index in [0.29, 0.717) is 17.3 Å². The van der Waals surface area contributed by atoms with Crippen LogP contribution < -0.4 is 10.9 Å². The molecule has 0 radical (unpaired) electrons. The van der Waals surface area contributed by atoms with E-state index >= 15 is 0 Å². The normalized spacial score (nSPS) is 20.0. The molecule has 1 aromatic heterocycles. The van der Waals surface area contributed by atoms with Crippen molar-refractivity contribution >= 4 is 5.91 Å². The molecule has 3 N–H and O–H groups in total. The second-order valence-corrected chi connectivity index (χ2v) is 6.90. The highest BCUT2D eigenvalue weighted by Gasteiger charge is 2.32. The van der Waals surface area contributed by atoms with Crippen molar-refractivity contribution in [2.45, 2.75) is 32.9 Å². The first-order valence-electron chi connectivity index (χ1n) is 8.99. The van der Waals surface area contributed by atoms with Crippen molar-refractivity contribution in [1.82, 2.24) is 20.2 Å². The van der Waals surface area contributed by atoms with Gasteiger partial charge in [0, 0.05) is 13.1 Å². The third-order valence-corrected chi connectivity index (χ3v) is 4.83. The van der Waals surface area contributed by atoms with Crippen molar-refractivity contribution < 1.29 is 14.3 Å². The summed E-state index contributed by atoms with van der Waals surface area (Å²) in [6, 6.07) is 5.59. The maximum absolute atomic E-state index is 13.0. The molecule has 2 aromatic rings. The van der Waals surface area contributed by atoms with Crippen LogP contribution in [0.5, 0.6) is 5.75 Å². The van der Waals surface area contributed by atoms with Gasteiger partial charge in [0.15, 0.2) is 5.69 Å². The van der Waals surface area contributed by atoms with E-state index in [1.807, 2.05) is 6.92 Å². The van der Waals surface area contributed by atoms with E-state index in [-0.39, 0.29) is 24.1 Å². The van der Waals surface area contributed by atoms with Gasteiger partial charge in [-0.15, -0.1) is 0 Å². The summed E-state index contributed by atoms with van der Waals surface area (Å²) >= 11 is 0. The number of nitrogens with zero attached hydrogens (tertiary/aromatic N) is 2. The summed E-state index contributed by atoms with van der Waals surface area (Å²) in [5.41, 5.74) is -0.343. The van der Waals surface area contributed by atoms with Crippen LogP contribution in [0.3, 0.4) is 0 Å². The van der Waals surface area contributed by atoms with Crippen molar-refractivity contribution in [1.29, 1.82) is 0 Å². The molecule has 1 fully saturated rings. The lowest BCUT2D eigenvalue weighted by atomic mass is 10.1. The largest absolute Gasteiger partial charge is 0.501 e. The van der Waals surface area contributed by atoms with Crippen molar-refractivity contribution in [2.24, 2.45) is 5.92 Å². The first-order valence-corrected chi connectivity index (χ1v) is 8.99. The number of rotatable bonds is 5. The number of aromatic nitrogens is 2. The lowest BCUT2D eigenvalue weighted by molar-refractivity contribution is 0.0941. The van der Waals surface area contributed by atoms with Gasteiger partial charge >= 0.3 is 0 Å². The minimum atomic E-state index is -0.734. The number of carbonyl (C=O) groups excluding carboxylic acids is 1. The molecule has 2 atom stereocenters. The number of hydrogen-bond acceptors (Lipinski definition) is 5. The van der Waals surface area contributed by atoms with Gasteiger partial charge in [-0.2, -0.15) is 0 Å². The molecular weight excluding hydrogens is 351 g/mol. The highest BCUT2D eigenvalue weighted by atomic mass is 19.1. The van der Waals surface area contributed by atoms with E-state index in [1.165, 1.54) is 12.1 Å². The zero-order valence-corrected chi connectivity index (χ0v) is 15.3. The van der Waals surface area contributed by atoms with Gasteiger partial charge in [0.2, 0.25) is 5.75 Å². The van der Waals surface area contributed by atoms with Crippen LogP contribution >= 0.6 is 0 Å². The number of carbonyl (C=O) groups is 1. The SMILES string of the molecule is CCN1CC(C)CC1c1nc(C(=O)NCc2ccc(F)cc2)c(O)c(=O)[nH]1. The molecule has 1 saturated heterocycles. The van der Waals surface area contributed by atoms with Gasteiger partial charge in [-0.25, -0.2) is 9.37 Å². The molecule has 2 unspecified atom stereocenters. The van der Waals surface area contributed by atoms with Crippen LogP contribution in [-0.2, 0) is 6.54 Å². The lowest BCUT2D eigenvalue weighted by Crippen LogP contribution is -2.30. The van der Waals surface area contributed by atoms with Gasteiger partial charge < -0.3 is 15.4 Å². The average Bonchev–Trinajstić information content (AvgIpc) is 3.04. The second kappa shape index (κ2) is 7.87. The van der Waals surface area contributed by atoms with Gasteiger partial charge in [0.05, 0.1) is 6.04 Å². The topological polar surface area (TPSA) is 98.3 Å². The summed E-state index contributed by atoms with van der Waals surface area (Å²) in [6.07, 6.45) is 0.818. The molecule has 1 aliphatic rings. The lowest BCUT2D eigenvalue weighted by Gasteiger charge is -2.22. The monoisotopic (exact) mass is 374 g/mol. The highest BCUT2D eigenvalue weighted by molar-refractivity contribution is 5.94. The van der Waals surface area contributed by atoms with Crippen LogP contribution in [0.4, 0.5) is 4.39 Å². The molecule has 2 heterocycles. The second-order valence-electron chi connectivity index (χ2n) is 6.90. The fraction of sp³-hybridized carbons (Fsp3) is 0.421. The number of aromatic hydroxyl groups is 1. The first-order chi connectivity index (χ1) is 12.9. The predicted molar refractivity (Wildman–Crippen MR) is 97.9 cm³/mol. The van der Waals surface area contributed by atoms with Gasteiger partial charge in [-0.1, -0.05) is 26.0 Å². The number of aromatic amines is 1. The molecule has 27 heavy (non-hydrogen) atoms. The summed E-state index contributed by atoms with van der Waals surface area (Å²) < 4.78 is 13.0. The Labute approximate surface area is 156 Å². The van der Waals surface area contributed by atoms with E-state index in [0.717, 1.165) is 19.5 Å². The molecule has 0 saturated carbocycles. The minimum absolute atomic E-state index is 0.0954. The maximum atomic E-state index is 13.0. The molecule has 0 spiro atoms. The third-order valence-electron chi connectivity index (χ3n) is 4.83. The Bertz CT molecular complexity index is 882. The minimum Gasteiger partial charge on any atom is -0.501 e. The van der Waals surface area contributed by atoms with Crippen molar-refractivity contribution in [3.63, 3.8) is 0 Å². The third kappa shape index (κ3) is 4.16. The van der Waals surface area contributed by atoms with Gasteiger partial charge in [0.1, 0.15) is 11.6 Å². The Morgan fingerprint density at radius 3 is 2.78 bits per heavy atom. The average molecular weight is 374 g/mol. The van der Waals surface area contributed by atoms with Gasteiger partial charge in [0.25, 0.3) is 11.5 Å². The molecule has 144 valence electrons. The summed E-state index contributed by atoms with van der Waals surface area (Å²) in [6.45, 7) is 5.96. The number of amides is 1. The summed E-state index contributed by atoms with van der Waals surface area (Å²) in [7, 11) is 0. The summed E-state index contributed by atoms with van der Waals surface area (Å²) in [5.74, 6) is -0.890. The van der Waals surface area contributed by atoms with E-state index in [1.54, 1.807) is 12.1 Å². The quantitative estimate of drug-likeness (QED) is 0.743. The van der Waals surface area contributed by atoms with Crippen LogP contribution in [0.25, 0.3) is 0 Å². The van der Waals surface area contributed by atoms with Crippen molar-refractivity contribution in [3.8, 4) is 5.75 Å². The first kappa shape index (κ1) is 19.0. The molecule has 1 aromatic carbocycles. The molecule has 7 nitrogen and oxygen atoms in total. The Kier molecular flexibility index (Phi) is 5.55. The van der Waals surface area contributed by atoms with Crippen LogP contribution in [0, 0.1) is 11.7 Å². The van der Waals surface area contributed by atoms with E-state index in [2.05, 4.69) is 27.1 Å². The number of halogens is 1. The molecule has 3 rings (SSSR count). The van der Waals surface area contributed by atoms with Crippen molar-refractivity contribution in [3.05, 3.63) is 57.5 Å². The summed E-state index contributed by atoms with van der Waals surface area (Å²) in [5, 5.41) is 12.6. The van der Waals surface area contributed by atoms with Crippen LogP contribution in [0.1, 0.15) is 48.2 Å². The van der Waals surface area contributed by atoms with E-state index < -0.39 is 17.2 Å². The molecular formula is C19H23FN4O3. The standard InChI is InChI=1S/C19H23FN4O3/c1-3-24-10-11(2)8-14(24)17-22-15(16(25)19(27)23-17)18(26)21-9-12-4-6-13(20)7-5-12/h4-7,11,14,25H,3,8-10H2,1-2H3,(H,21,26)(H,22,23,27). The zero-order valence-electron chi connectivity index (χ0n) is 15.3. The van der Waals surface area contributed by atoms with Crippen LogP contribution in [0.15, 0.2) is 29.1 Å². The Hall–Kier alpha value is -2.74. The Morgan fingerprint density at radius 2 is 2.11 bits per heavy atom. The van der Waals surface area contributed by atoms with E-state index in [9.17, 15) is 19.1 Å². The van der Waals surface area contributed by atoms with Gasteiger partial charge in [-0.3, -0.25) is 14.5 Å². The zero-order chi connectivity index (χ0) is 19.6. The molecule has 1 aliphatic heterocycles. The van der Waals surface area contributed by atoms with Crippen LogP contribution in [0.2, 0.25) is 0 Å². The van der Waals surface area contributed by atoms with E-state index in [4.69, 9.17) is 0 Å². The van der Waals surface area contributed by atoms with Crippen LogP contribution in [-0.4, -0.2) is 39.0 Å². The fourth-order valence-electron chi connectivity index (χ4n) is 3.44. The van der Waals surface area contributed by atoms with Gasteiger partial charge in [-0.05, 0) is 36.6 Å². The highest BCUT2D eigenvalue weighted by Crippen LogP contribution is 2.33. The number of benzene rings is 1. The molecule has 0 bridgehead atoms. The smallest absolute Gasteiger partial charge is 0.293 e. The molecule has 8 heteroatoms. The summed E-state index contributed by atoms with van der Waals surface area (Å²) in [4.78, 5) is 33.6. The fourth-order valence-corrected chi connectivity index (χ4v) is 3.44. The predicted octanol–water partition coefficient (Wildman–Crippen LogP) is 1.95. The number of likely N-dealkylation sites (tertiary alicyclic amines) is 1. The number of hydrogen-bond donors (Lipinski definition) is 3. The number of nitrogens with one attached hydrogen (secondary N) is 2. The molecule has 0 aliphatic carbocycles. The Balaban J connectivity index is 1.82. The Morgan fingerprint density at radius 1 is 1.41 bits per heavy atom. The van der Waals surface area contributed by atoms with Crippen molar-refractivity contribution in [2.75, 3.05) is 13.1 Å². The number of H-pyrrole nitrogens is 1. The maximum Gasteiger partial charge on any atom is 0.293 e. The molecule has 1 amide bonds.